The molecule has 1 heterocycles. The van der Waals surface area contributed by atoms with Crippen LogP contribution in [-0.4, -0.2) is 97.5 Å². The first-order valence-corrected chi connectivity index (χ1v) is 28.1. The molecule has 0 amide bonds. The summed E-state index contributed by atoms with van der Waals surface area (Å²) in [7, 11) is -5.07. The van der Waals surface area contributed by atoms with Crippen molar-refractivity contribution in [3.63, 3.8) is 0 Å². The summed E-state index contributed by atoms with van der Waals surface area (Å²) in [4.78, 5) is 12.9. The van der Waals surface area contributed by atoms with E-state index in [1.54, 1.807) is 0 Å². The molecule has 0 aliphatic carbocycles. The Hall–Kier alpha value is -1.68. The quantitative estimate of drug-likeness (QED) is 0.0197. The lowest BCUT2D eigenvalue weighted by molar-refractivity contribution is -0.301. The van der Waals surface area contributed by atoms with Gasteiger partial charge in [0.05, 0.1) is 19.8 Å². The summed E-state index contributed by atoms with van der Waals surface area (Å²) in [6.45, 7) is 3.99. The molecule has 4 N–H and O–H groups in total. The van der Waals surface area contributed by atoms with Gasteiger partial charge in [-0.25, -0.2) is 4.18 Å². The van der Waals surface area contributed by atoms with Crippen molar-refractivity contribution in [1.29, 1.82) is 0 Å². The molecule has 0 aromatic rings. The Bertz CT molecular complexity index is 1290. The molecule has 66 heavy (non-hydrogen) atoms. The van der Waals surface area contributed by atoms with Crippen LogP contribution < -0.4 is 0 Å². The summed E-state index contributed by atoms with van der Waals surface area (Å²) in [5, 5.41) is 30.8. The topological polar surface area (TPSA) is 178 Å². The SMILES string of the molecule is CCCCCCC/C=C\C/C=C\C/C=C\CCCCCCCCCOCC(COC1OC(CO)C(O)C(OS(=O)(=O)O)C1O)OC(=O)CCCCCCCCCCCCCCCCCCC. The van der Waals surface area contributed by atoms with Crippen molar-refractivity contribution < 1.29 is 56.2 Å². The molecule has 1 rings (SSSR count). The smallest absolute Gasteiger partial charge is 0.397 e. The van der Waals surface area contributed by atoms with Crippen LogP contribution in [0, 0.1) is 0 Å². The minimum Gasteiger partial charge on any atom is -0.457 e. The Balaban J connectivity index is 2.35. The maximum absolute atomic E-state index is 12.9. The zero-order chi connectivity index (χ0) is 48.2. The number of allylic oxidation sites excluding steroid dienone is 6. The maximum atomic E-state index is 12.9. The van der Waals surface area contributed by atoms with Gasteiger partial charge >= 0.3 is 16.4 Å². The average Bonchev–Trinajstić information content (AvgIpc) is 3.29. The lowest BCUT2D eigenvalue weighted by atomic mass is 9.99. The highest BCUT2D eigenvalue weighted by Gasteiger charge is 2.48. The number of rotatable bonds is 47. The highest BCUT2D eigenvalue weighted by molar-refractivity contribution is 7.80. The zero-order valence-electron chi connectivity index (χ0n) is 41.8. The molecule has 0 bridgehead atoms. The van der Waals surface area contributed by atoms with Crippen LogP contribution in [0.4, 0.5) is 0 Å². The van der Waals surface area contributed by atoms with Gasteiger partial charge in [0.1, 0.15) is 30.5 Å². The molecule has 1 aliphatic rings. The van der Waals surface area contributed by atoms with E-state index in [1.165, 1.54) is 148 Å². The van der Waals surface area contributed by atoms with E-state index in [9.17, 15) is 33.1 Å². The molecule has 0 radical (unpaired) electrons. The first kappa shape index (κ1) is 62.3. The van der Waals surface area contributed by atoms with E-state index < -0.39 is 59.8 Å². The van der Waals surface area contributed by atoms with Crippen LogP contribution in [0.2, 0.25) is 0 Å². The monoisotopic (exact) mass is 959 g/mol. The average molecular weight is 959 g/mol. The highest BCUT2D eigenvalue weighted by Crippen LogP contribution is 2.26. The minimum absolute atomic E-state index is 0.0320. The molecular weight excluding hydrogens is 861 g/mol. The zero-order valence-corrected chi connectivity index (χ0v) is 42.6. The Labute approximate surface area is 403 Å². The Morgan fingerprint density at radius 2 is 1.00 bits per heavy atom. The molecule has 0 aromatic heterocycles. The molecule has 6 atom stereocenters. The van der Waals surface area contributed by atoms with Crippen molar-refractivity contribution in [3.8, 4) is 0 Å². The summed E-state index contributed by atoms with van der Waals surface area (Å²) in [5.41, 5.74) is 0. The molecule has 0 saturated carbocycles. The summed E-state index contributed by atoms with van der Waals surface area (Å²) < 4.78 is 59.3. The van der Waals surface area contributed by atoms with Gasteiger partial charge in [0.15, 0.2) is 6.29 Å². The molecule has 1 saturated heterocycles. The third-order valence-electron chi connectivity index (χ3n) is 12.3. The van der Waals surface area contributed by atoms with Crippen molar-refractivity contribution in [2.24, 2.45) is 0 Å². The largest absolute Gasteiger partial charge is 0.457 e. The van der Waals surface area contributed by atoms with E-state index in [-0.39, 0.29) is 19.6 Å². The van der Waals surface area contributed by atoms with Gasteiger partial charge in [0, 0.05) is 13.0 Å². The standard InChI is InChI=1S/C53H98O12S/c1-3-5-7-9-11-13-15-17-19-21-22-23-24-25-27-29-31-33-35-37-39-41-43-61-45-47(46-62-53-51(57)52(65-66(58,59)60)50(56)48(44-54)64-53)63-49(55)42-40-38-36-34-32-30-28-26-20-18-16-14-12-10-8-6-4-2/h15,17,21-22,24-25,47-48,50-54,56-57H,3-14,16,18-20,23,26-46H2,1-2H3,(H,58,59,60)/b17-15-,22-21-,25-24-. The second kappa shape index (κ2) is 44.5. The van der Waals surface area contributed by atoms with Crippen LogP contribution in [0.1, 0.15) is 232 Å². The number of hydrogen-bond donors (Lipinski definition) is 4. The predicted molar refractivity (Wildman–Crippen MR) is 267 cm³/mol. The number of ether oxygens (including phenoxy) is 4. The van der Waals surface area contributed by atoms with Crippen LogP contribution in [-0.2, 0) is 38.3 Å². The number of aliphatic hydroxyl groups is 3. The van der Waals surface area contributed by atoms with Crippen molar-refractivity contribution >= 4 is 16.4 Å². The van der Waals surface area contributed by atoms with E-state index in [2.05, 4.69) is 54.5 Å². The van der Waals surface area contributed by atoms with Crippen LogP contribution in [0.5, 0.6) is 0 Å². The summed E-state index contributed by atoms with van der Waals surface area (Å²) in [6.07, 6.45) is 44.6. The van der Waals surface area contributed by atoms with Gasteiger partial charge in [-0.1, -0.05) is 211 Å². The van der Waals surface area contributed by atoms with Crippen molar-refractivity contribution in [1.82, 2.24) is 0 Å². The van der Waals surface area contributed by atoms with Crippen LogP contribution in [0.25, 0.3) is 0 Å². The van der Waals surface area contributed by atoms with Crippen molar-refractivity contribution in [2.75, 3.05) is 26.4 Å². The second-order valence-corrected chi connectivity index (χ2v) is 19.5. The Morgan fingerprint density at radius 1 is 0.576 bits per heavy atom. The van der Waals surface area contributed by atoms with E-state index >= 15 is 0 Å². The summed E-state index contributed by atoms with van der Waals surface area (Å²) >= 11 is 0. The lowest BCUT2D eigenvalue weighted by Gasteiger charge is -2.41. The number of aliphatic hydroxyl groups excluding tert-OH is 3. The van der Waals surface area contributed by atoms with Gasteiger partial charge in [0.2, 0.25) is 0 Å². The van der Waals surface area contributed by atoms with Crippen molar-refractivity contribution in [3.05, 3.63) is 36.5 Å². The molecule has 13 heteroatoms. The normalized spacial score (nSPS) is 19.8. The third-order valence-corrected chi connectivity index (χ3v) is 12.7. The van der Waals surface area contributed by atoms with Crippen LogP contribution in [0.15, 0.2) is 36.5 Å². The number of esters is 1. The predicted octanol–water partition coefficient (Wildman–Crippen LogP) is 12.5. The van der Waals surface area contributed by atoms with Gasteiger partial charge < -0.3 is 34.3 Å². The fourth-order valence-electron chi connectivity index (χ4n) is 8.21. The van der Waals surface area contributed by atoms with E-state index in [1.807, 2.05) is 0 Å². The maximum Gasteiger partial charge on any atom is 0.397 e. The van der Waals surface area contributed by atoms with E-state index in [0.29, 0.717) is 13.0 Å². The van der Waals surface area contributed by atoms with Crippen LogP contribution in [0.3, 0.4) is 0 Å². The number of unbranched alkanes of at least 4 members (excludes halogenated alkanes) is 28. The third kappa shape index (κ3) is 37.2. The van der Waals surface area contributed by atoms with Gasteiger partial charge in [-0.2, -0.15) is 8.42 Å². The fraction of sp³-hybridized carbons (Fsp3) is 0.868. The second-order valence-electron chi connectivity index (χ2n) is 18.5. The lowest BCUT2D eigenvalue weighted by Crippen LogP contribution is -2.60. The molecule has 6 unspecified atom stereocenters. The Kier molecular flexibility index (Phi) is 42.1. The van der Waals surface area contributed by atoms with Gasteiger partial charge in [0.25, 0.3) is 0 Å². The van der Waals surface area contributed by atoms with E-state index in [4.69, 9.17) is 18.9 Å². The van der Waals surface area contributed by atoms with Gasteiger partial charge in [-0.05, 0) is 51.4 Å². The summed E-state index contributed by atoms with van der Waals surface area (Å²) in [5.74, 6) is -0.399. The number of hydrogen-bond acceptors (Lipinski definition) is 11. The molecule has 1 aliphatic heterocycles. The number of carbonyl (C=O) groups excluding carboxylic acids is 1. The highest BCUT2D eigenvalue weighted by atomic mass is 32.3. The summed E-state index contributed by atoms with van der Waals surface area (Å²) in [6, 6.07) is 0. The van der Waals surface area contributed by atoms with Crippen LogP contribution >= 0.6 is 0 Å². The first-order valence-electron chi connectivity index (χ1n) is 26.7. The Morgan fingerprint density at radius 3 is 1.45 bits per heavy atom. The van der Waals surface area contributed by atoms with Crippen molar-refractivity contribution in [2.45, 2.75) is 269 Å². The van der Waals surface area contributed by atoms with Gasteiger partial charge in [-0.3, -0.25) is 9.35 Å². The molecule has 0 spiro atoms. The molecule has 1 fully saturated rings. The van der Waals surface area contributed by atoms with Gasteiger partial charge in [-0.15, -0.1) is 0 Å². The minimum atomic E-state index is -5.07. The number of carbonyl (C=O) groups is 1. The first-order chi connectivity index (χ1) is 32.1. The fourth-order valence-corrected chi connectivity index (χ4v) is 8.72. The molecule has 0 aromatic carbocycles. The molecular formula is C53H98O12S. The van der Waals surface area contributed by atoms with E-state index in [0.717, 1.165) is 57.8 Å². The molecule has 388 valence electrons. The molecule has 12 nitrogen and oxygen atoms in total.